The molecule has 0 unspecified atom stereocenters. The summed E-state index contributed by atoms with van der Waals surface area (Å²) in [5, 5.41) is 31.5. The molecule has 0 bridgehead atoms. The highest BCUT2D eigenvalue weighted by molar-refractivity contribution is 5.96. The summed E-state index contributed by atoms with van der Waals surface area (Å²) >= 11 is 0. The SMILES string of the molecule is CC(C)C[C@H](NC(=O)[C@@H](CC(C)C)NC(=O)[C@H](CCN)NC(=O)[C@@H](N)CN)C(=O)N[C@@H](CCN)C(=O)N[C@H](C(=O)O)[C@@H](C)O. The molecule has 0 saturated carbocycles. The quantitative estimate of drug-likeness (QED) is 0.0577. The lowest BCUT2D eigenvalue weighted by atomic mass is 9.99. The molecule has 0 radical (unpaired) electrons. The molecule has 17 heteroatoms. The first-order valence-corrected chi connectivity index (χ1v) is 14.8. The van der Waals surface area contributed by atoms with E-state index in [0.717, 1.165) is 0 Å². The predicted octanol–water partition coefficient (Wildman–Crippen LogP) is -4.05. The van der Waals surface area contributed by atoms with Crippen LogP contribution in [0.4, 0.5) is 0 Å². The van der Waals surface area contributed by atoms with Crippen LogP contribution < -0.4 is 49.5 Å². The van der Waals surface area contributed by atoms with Crippen LogP contribution in [-0.2, 0) is 28.8 Å². The van der Waals surface area contributed by atoms with Crippen molar-refractivity contribution < 1.29 is 39.0 Å². The van der Waals surface area contributed by atoms with Gasteiger partial charge < -0.3 is 59.7 Å². The summed E-state index contributed by atoms with van der Waals surface area (Å²) in [5.74, 6) is -5.24. The fraction of sp³-hybridized carbons (Fsp3) is 0.778. The zero-order valence-electron chi connectivity index (χ0n) is 26.3. The smallest absolute Gasteiger partial charge is 0.328 e. The molecule has 0 fully saturated rings. The van der Waals surface area contributed by atoms with Crippen molar-refractivity contribution in [3.63, 3.8) is 0 Å². The third-order valence-electron chi connectivity index (χ3n) is 6.49. The van der Waals surface area contributed by atoms with Crippen LogP contribution in [0.1, 0.15) is 60.3 Å². The monoisotopic (exact) mass is 631 g/mol. The van der Waals surface area contributed by atoms with Gasteiger partial charge in [0.2, 0.25) is 29.5 Å². The number of carbonyl (C=O) groups is 6. The number of aliphatic carboxylic acids is 1. The molecule has 0 spiro atoms. The maximum Gasteiger partial charge on any atom is 0.328 e. The van der Waals surface area contributed by atoms with Crippen molar-refractivity contribution in [1.29, 1.82) is 0 Å². The van der Waals surface area contributed by atoms with Gasteiger partial charge in [-0.3, -0.25) is 24.0 Å². The molecule has 44 heavy (non-hydrogen) atoms. The number of carboxylic acids is 1. The lowest BCUT2D eigenvalue weighted by Gasteiger charge is -2.28. The van der Waals surface area contributed by atoms with Crippen LogP contribution >= 0.6 is 0 Å². The fourth-order valence-corrected chi connectivity index (χ4v) is 4.12. The minimum absolute atomic E-state index is 0.0365. The van der Waals surface area contributed by atoms with Crippen LogP contribution in [0.5, 0.6) is 0 Å². The summed E-state index contributed by atoms with van der Waals surface area (Å²) in [5.41, 5.74) is 22.3. The van der Waals surface area contributed by atoms with Crippen LogP contribution in [0.25, 0.3) is 0 Å². The molecule has 15 N–H and O–H groups in total. The Bertz CT molecular complexity index is 964. The molecule has 17 nitrogen and oxygen atoms in total. The number of hydrogen-bond acceptors (Lipinski definition) is 11. The van der Waals surface area contributed by atoms with Crippen molar-refractivity contribution in [2.75, 3.05) is 19.6 Å². The fourth-order valence-electron chi connectivity index (χ4n) is 4.12. The Balaban J connectivity index is 5.94. The third-order valence-corrected chi connectivity index (χ3v) is 6.49. The number of nitrogens with one attached hydrogen (secondary N) is 5. The van der Waals surface area contributed by atoms with E-state index in [1.54, 1.807) is 0 Å². The van der Waals surface area contributed by atoms with Crippen molar-refractivity contribution in [2.45, 2.75) is 103 Å². The first-order valence-electron chi connectivity index (χ1n) is 14.8. The molecule has 7 atom stereocenters. The Morgan fingerprint density at radius 3 is 1.25 bits per heavy atom. The van der Waals surface area contributed by atoms with E-state index in [0.29, 0.717) is 0 Å². The zero-order chi connectivity index (χ0) is 34.1. The lowest BCUT2D eigenvalue weighted by Crippen LogP contribution is -2.60. The third kappa shape index (κ3) is 14.9. The minimum Gasteiger partial charge on any atom is -0.480 e. The normalized spacial score (nSPS) is 16.1. The number of carboxylic acid groups (broad SMARTS) is 1. The van der Waals surface area contributed by atoms with Crippen molar-refractivity contribution in [3.05, 3.63) is 0 Å². The maximum atomic E-state index is 13.5. The molecular weight excluding hydrogens is 578 g/mol. The number of rotatable bonds is 21. The molecular formula is C27H53N9O8. The highest BCUT2D eigenvalue weighted by Crippen LogP contribution is 2.10. The van der Waals surface area contributed by atoms with Gasteiger partial charge in [0.1, 0.15) is 24.2 Å². The number of hydrogen-bond donors (Lipinski definition) is 11. The Hall–Kier alpha value is -3.38. The average Bonchev–Trinajstić information content (AvgIpc) is 2.92. The Morgan fingerprint density at radius 1 is 0.591 bits per heavy atom. The number of nitrogens with two attached hydrogens (primary N) is 4. The van der Waals surface area contributed by atoms with Gasteiger partial charge in [-0.05, 0) is 57.5 Å². The second-order valence-electron chi connectivity index (χ2n) is 11.6. The number of aliphatic hydroxyl groups is 1. The van der Waals surface area contributed by atoms with Gasteiger partial charge in [0.25, 0.3) is 0 Å². The average molecular weight is 632 g/mol. The Labute approximate surface area is 258 Å². The van der Waals surface area contributed by atoms with Gasteiger partial charge in [0.15, 0.2) is 6.04 Å². The van der Waals surface area contributed by atoms with Gasteiger partial charge in [-0.25, -0.2) is 4.79 Å². The summed E-state index contributed by atoms with van der Waals surface area (Å²) in [6.45, 7) is 8.36. The van der Waals surface area contributed by atoms with Gasteiger partial charge in [-0.2, -0.15) is 0 Å². The van der Waals surface area contributed by atoms with Crippen molar-refractivity contribution in [3.8, 4) is 0 Å². The molecule has 0 rings (SSSR count). The molecule has 0 aliphatic rings. The van der Waals surface area contributed by atoms with Gasteiger partial charge in [0.05, 0.1) is 12.1 Å². The van der Waals surface area contributed by atoms with Crippen molar-refractivity contribution in [2.24, 2.45) is 34.8 Å². The first-order chi connectivity index (χ1) is 20.5. The van der Waals surface area contributed by atoms with Gasteiger partial charge in [-0.1, -0.05) is 27.7 Å². The van der Waals surface area contributed by atoms with Crippen LogP contribution in [0.15, 0.2) is 0 Å². The van der Waals surface area contributed by atoms with E-state index in [2.05, 4.69) is 26.6 Å². The van der Waals surface area contributed by atoms with E-state index in [-0.39, 0.29) is 57.2 Å². The zero-order valence-corrected chi connectivity index (χ0v) is 26.3. The second-order valence-corrected chi connectivity index (χ2v) is 11.6. The molecule has 0 aliphatic heterocycles. The predicted molar refractivity (Wildman–Crippen MR) is 162 cm³/mol. The van der Waals surface area contributed by atoms with Gasteiger partial charge in [0, 0.05) is 6.54 Å². The Kier molecular flexibility index (Phi) is 19.0. The number of aliphatic hydroxyl groups excluding tert-OH is 1. The summed E-state index contributed by atoms with van der Waals surface area (Å²) in [6, 6.07) is -7.25. The van der Waals surface area contributed by atoms with Gasteiger partial charge in [-0.15, -0.1) is 0 Å². The standard InChI is InChI=1S/C27H53N9O8/c1-13(2)10-19(25(41)33-18(7-9-29)24(40)36-21(15(5)37)27(43)44)35-26(42)20(11-14(3)4)34-23(39)17(6-8-28)32-22(38)16(31)12-30/h13-21,37H,6-12,28-31H2,1-5H3,(H,32,38)(H,33,41)(H,34,39)(H,35,42)(H,36,40)(H,43,44)/t15-,16+,17+,18+,19+,20-,21+/m1/s1. The molecule has 254 valence electrons. The summed E-state index contributed by atoms with van der Waals surface area (Å²) in [4.78, 5) is 76.4. The Morgan fingerprint density at radius 2 is 0.932 bits per heavy atom. The molecule has 0 aliphatic carbocycles. The topological polar surface area (TPSA) is 307 Å². The molecule has 5 amide bonds. The highest BCUT2D eigenvalue weighted by atomic mass is 16.4. The number of amides is 5. The van der Waals surface area contributed by atoms with Crippen LogP contribution in [0.3, 0.4) is 0 Å². The van der Waals surface area contributed by atoms with E-state index in [1.165, 1.54) is 6.92 Å². The van der Waals surface area contributed by atoms with E-state index < -0.39 is 77.9 Å². The number of carbonyl (C=O) groups excluding carboxylic acids is 5. The summed E-state index contributed by atoms with van der Waals surface area (Å²) in [6.07, 6.45) is -1.06. The molecule has 0 aromatic rings. The maximum absolute atomic E-state index is 13.5. The molecule has 0 aromatic heterocycles. The van der Waals surface area contributed by atoms with Crippen LogP contribution in [0.2, 0.25) is 0 Å². The van der Waals surface area contributed by atoms with Crippen LogP contribution in [0, 0.1) is 11.8 Å². The van der Waals surface area contributed by atoms with E-state index in [4.69, 9.17) is 22.9 Å². The van der Waals surface area contributed by atoms with Crippen molar-refractivity contribution in [1.82, 2.24) is 26.6 Å². The lowest BCUT2D eigenvalue weighted by molar-refractivity contribution is -0.145. The summed E-state index contributed by atoms with van der Waals surface area (Å²) in [7, 11) is 0. The minimum atomic E-state index is -1.62. The van der Waals surface area contributed by atoms with E-state index in [1.807, 2.05) is 27.7 Å². The molecule has 0 heterocycles. The molecule has 0 aromatic carbocycles. The molecule has 0 saturated heterocycles. The summed E-state index contributed by atoms with van der Waals surface area (Å²) < 4.78 is 0. The second kappa shape index (κ2) is 20.6. The highest BCUT2D eigenvalue weighted by Gasteiger charge is 2.33. The van der Waals surface area contributed by atoms with E-state index >= 15 is 0 Å². The van der Waals surface area contributed by atoms with Crippen LogP contribution in [-0.4, -0.2) is 108 Å². The first kappa shape index (κ1) is 40.6. The van der Waals surface area contributed by atoms with Crippen molar-refractivity contribution >= 4 is 35.5 Å². The van der Waals surface area contributed by atoms with E-state index in [9.17, 15) is 39.0 Å². The van der Waals surface area contributed by atoms with Gasteiger partial charge >= 0.3 is 5.97 Å². The largest absolute Gasteiger partial charge is 0.480 e.